The highest BCUT2D eigenvalue weighted by atomic mass is 16.4. The van der Waals surface area contributed by atoms with Crippen LogP contribution in [0, 0.1) is 0 Å². The second kappa shape index (κ2) is 4.58. The molecule has 1 rings (SSSR count). The molecule has 0 aromatic rings. The van der Waals surface area contributed by atoms with E-state index < -0.39 is 57.2 Å². The molecule has 3 N–H and O–H groups in total. The number of rotatable bonds is 1. The molecule has 0 bridgehead atoms. The molecule has 108 valence electrons. The zero-order chi connectivity index (χ0) is 15.8. The normalized spacial score (nSPS) is 18.1. The zero-order valence-corrected chi connectivity index (χ0v) is 9.84. The van der Waals surface area contributed by atoms with Crippen LogP contribution < -0.4 is 0 Å². The third-order valence-electron chi connectivity index (χ3n) is 2.60. The summed E-state index contributed by atoms with van der Waals surface area (Å²) in [7, 11) is 0. The largest absolute Gasteiger partial charge is 0.532 e. The fraction of sp³-hybridized carbons (Fsp3) is 0.250. The molecule has 1 heterocycles. The van der Waals surface area contributed by atoms with E-state index in [0.29, 0.717) is 0 Å². The highest BCUT2D eigenvalue weighted by molar-refractivity contribution is 6.21. The quantitative estimate of drug-likeness (QED) is 0.591. The van der Waals surface area contributed by atoms with Crippen LogP contribution in [0.25, 0.3) is 0 Å². The second-order valence-electron chi connectivity index (χ2n) is 3.49. The summed E-state index contributed by atoms with van der Waals surface area (Å²) < 4.78 is -2.18. The van der Waals surface area contributed by atoms with E-state index in [0.717, 1.165) is 6.92 Å². The Kier molecular flexibility index (Phi) is 3.44. The first-order chi connectivity index (χ1) is 9.12. The maximum Gasteiger partial charge on any atom is 0.532 e. The van der Waals surface area contributed by atoms with Gasteiger partial charge in [0.15, 0.2) is 0 Å². The van der Waals surface area contributed by atoms with Crippen molar-refractivity contribution in [3.63, 3.8) is 0 Å². The monoisotopic (exact) mass is 290 g/mol. The van der Waals surface area contributed by atoms with E-state index in [1.165, 1.54) is 0 Å². The summed E-state index contributed by atoms with van der Waals surface area (Å²) in [6, 6.07) is -5.72. The molecule has 0 aliphatic carbocycles. The SMILES string of the molecule is CC[N+]1(C(=O)O)C(=O)N(C(=O)O)C(=O)N(C(=O)O)C1=O. The number of amides is 9. The van der Waals surface area contributed by atoms with Gasteiger partial charge in [-0.15, -0.1) is 9.80 Å². The molecule has 0 unspecified atom stereocenters. The molecule has 9 amide bonds. The summed E-state index contributed by atoms with van der Waals surface area (Å²) in [5, 5.41) is 26.4. The fourth-order valence-corrected chi connectivity index (χ4v) is 1.58. The summed E-state index contributed by atoms with van der Waals surface area (Å²) in [5.74, 6) is 0. The number of imide groups is 9. The van der Waals surface area contributed by atoms with Gasteiger partial charge in [-0.2, -0.15) is 4.79 Å². The number of hydrogen-bond donors (Lipinski definition) is 3. The lowest BCUT2D eigenvalue weighted by Crippen LogP contribution is -2.76. The summed E-state index contributed by atoms with van der Waals surface area (Å²) in [6.45, 7) is 0.258. The predicted octanol–water partition coefficient (Wildman–Crippen LogP) is 0.835. The van der Waals surface area contributed by atoms with Gasteiger partial charge in [0.1, 0.15) is 6.54 Å². The summed E-state index contributed by atoms with van der Waals surface area (Å²) >= 11 is 0. The van der Waals surface area contributed by atoms with Gasteiger partial charge in [-0.25, -0.2) is 24.0 Å². The molecule has 20 heavy (non-hydrogen) atoms. The van der Waals surface area contributed by atoms with Crippen molar-refractivity contribution in [1.29, 1.82) is 0 Å². The minimum Gasteiger partial charge on any atom is -0.464 e. The maximum absolute atomic E-state index is 11.8. The molecule has 1 aliphatic heterocycles. The van der Waals surface area contributed by atoms with E-state index in [9.17, 15) is 28.8 Å². The Morgan fingerprint density at radius 2 is 1.30 bits per heavy atom. The van der Waals surface area contributed by atoms with Crippen molar-refractivity contribution >= 4 is 36.4 Å². The van der Waals surface area contributed by atoms with Gasteiger partial charge in [0.2, 0.25) is 0 Å². The number of quaternary nitrogens is 1. The topological polar surface area (TPSA) is 170 Å². The first kappa shape index (κ1) is 15.0. The smallest absolute Gasteiger partial charge is 0.464 e. The van der Waals surface area contributed by atoms with Crippen molar-refractivity contribution in [2.24, 2.45) is 0 Å². The standard InChI is InChI=1S/C8H7N3O9/c1-2-11(8(19)20)4(13)9(6(15)16)3(12)10(5(11)14)7(17)18/h2H2,1H3,(H2-,15,16,17,18,19,20)/p+1. The number of nitrogens with zero attached hydrogens (tertiary/aromatic N) is 3. The summed E-state index contributed by atoms with van der Waals surface area (Å²) in [4.78, 5) is 66.7. The average Bonchev–Trinajstić information content (AvgIpc) is 2.28. The van der Waals surface area contributed by atoms with Crippen molar-refractivity contribution in [2.75, 3.05) is 6.54 Å². The first-order valence-electron chi connectivity index (χ1n) is 4.93. The minimum atomic E-state index is -2.20. The molecule has 1 fully saturated rings. The van der Waals surface area contributed by atoms with Crippen LogP contribution in [0.15, 0.2) is 0 Å². The van der Waals surface area contributed by atoms with Gasteiger partial charge in [0.05, 0.1) is 0 Å². The Bertz CT molecular complexity index is 517. The van der Waals surface area contributed by atoms with Gasteiger partial charge >= 0.3 is 36.4 Å². The molecule has 12 nitrogen and oxygen atoms in total. The molecule has 0 radical (unpaired) electrons. The number of hydrogen-bond acceptors (Lipinski definition) is 6. The van der Waals surface area contributed by atoms with Crippen molar-refractivity contribution in [1.82, 2.24) is 9.80 Å². The van der Waals surface area contributed by atoms with Crippen molar-refractivity contribution < 1.29 is 48.6 Å². The highest BCUT2D eigenvalue weighted by Crippen LogP contribution is 2.24. The van der Waals surface area contributed by atoms with Crippen molar-refractivity contribution in [3.8, 4) is 0 Å². The average molecular weight is 290 g/mol. The van der Waals surface area contributed by atoms with Crippen LogP contribution in [0.1, 0.15) is 6.92 Å². The van der Waals surface area contributed by atoms with Crippen LogP contribution in [0.4, 0.5) is 28.8 Å². The maximum atomic E-state index is 11.8. The number of carboxylic acid groups (broad SMARTS) is 3. The number of carbonyl (C=O) groups is 6. The van der Waals surface area contributed by atoms with E-state index in [1.807, 2.05) is 0 Å². The molecule has 0 saturated carbocycles. The Hall–Kier alpha value is -3.02. The molecular formula is C8H8N3O9+. The van der Waals surface area contributed by atoms with Gasteiger partial charge in [-0.05, 0) is 6.92 Å². The lowest BCUT2D eigenvalue weighted by atomic mass is 10.3. The molecule has 0 spiro atoms. The third kappa shape index (κ3) is 1.66. The molecule has 1 aliphatic rings. The van der Waals surface area contributed by atoms with Crippen LogP contribution in [-0.4, -0.2) is 72.5 Å². The van der Waals surface area contributed by atoms with E-state index >= 15 is 0 Å². The van der Waals surface area contributed by atoms with E-state index in [4.69, 9.17) is 15.3 Å². The number of urea groups is 3. The van der Waals surface area contributed by atoms with Gasteiger partial charge in [0.25, 0.3) is 0 Å². The van der Waals surface area contributed by atoms with Gasteiger partial charge < -0.3 is 15.3 Å². The fourth-order valence-electron chi connectivity index (χ4n) is 1.58. The molecular weight excluding hydrogens is 282 g/mol. The Morgan fingerprint density at radius 3 is 1.50 bits per heavy atom. The zero-order valence-electron chi connectivity index (χ0n) is 9.84. The van der Waals surface area contributed by atoms with Crippen molar-refractivity contribution in [2.45, 2.75) is 6.92 Å². The minimum absolute atomic E-state index is 0.632. The predicted molar refractivity (Wildman–Crippen MR) is 54.7 cm³/mol. The molecule has 0 aromatic carbocycles. The molecule has 1 saturated heterocycles. The van der Waals surface area contributed by atoms with E-state index in [-0.39, 0.29) is 0 Å². The molecule has 12 heteroatoms. The Morgan fingerprint density at radius 1 is 0.950 bits per heavy atom. The third-order valence-corrected chi connectivity index (χ3v) is 2.60. The lowest BCUT2D eigenvalue weighted by Gasteiger charge is -2.35. The first-order valence-corrected chi connectivity index (χ1v) is 4.93. The van der Waals surface area contributed by atoms with Crippen LogP contribution in [0.5, 0.6) is 0 Å². The second-order valence-corrected chi connectivity index (χ2v) is 3.49. The molecule has 0 atom stereocenters. The number of carbonyl (C=O) groups excluding carboxylic acids is 3. The van der Waals surface area contributed by atoms with E-state index in [2.05, 4.69) is 0 Å². The van der Waals surface area contributed by atoms with Gasteiger partial charge in [0, 0.05) is 0 Å². The Labute approximate surface area is 109 Å². The van der Waals surface area contributed by atoms with E-state index in [1.54, 1.807) is 0 Å². The molecule has 0 aromatic heterocycles. The Balaban J connectivity index is 3.61. The van der Waals surface area contributed by atoms with Crippen LogP contribution >= 0.6 is 0 Å². The highest BCUT2D eigenvalue weighted by Gasteiger charge is 2.67. The van der Waals surface area contributed by atoms with Crippen molar-refractivity contribution in [3.05, 3.63) is 0 Å². The van der Waals surface area contributed by atoms with Crippen LogP contribution in [0.3, 0.4) is 0 Å². The van der Waals surface area contributed by atoms with Crippen LogP contribution in [0.2, 0.25) is 0 Å². The van der Waals surface area contributed by atoms with Crippen LogP contribution in [-0.2, 0) is 0 Å². The summed E-state index contributed by atoms with van der Waals surface area (Å²) in [6.07, 6.45) is -6.50. The van der Waals surface area contributed by atoms with Gasteiger partial charge in [-0.1, -0.05) is 4.48 Å². The lowest BCUT2D eigenvalue weighted by molar-refractivity contribution is -0.697. The summed E-state index contributed by atoms with van der Waals surface area (Å²) in [5.41, 5.74) is 0. The van der Waals surface area contributed by atoms with Gasteiger partial charge in [-0.3, -0.25) is 0 Å².